The highest BCUT2D eigenvalue weighted by molar-refractivity contribution is 6.31. The monoisotopic (exact) mass is 236 g/mol. The average Bonchev–Trinajstić information content (AvgIpc) is 2.75. The lowest BCUT2D eigenvalue weighted by Gasteiger charge is -2.12. The Hall–Kier alpha value is -1.25. The van der Waals surface area contributed by atoms with Crippen molar-refractivity contribution in [1.29, 1.82) is 0 Å². The molecule has 16 heavy (non-hydrogen) atoms. The van der Waals surface area contributed by atoms with Crippen molar-refractivity contribution in [3.05, 3.63) is 58.0 Å². The van der Waals surface area contributed by atoms with Crippen LogP contribution in [0, 0.1) is 13.8 Å². The molecule has 1 heterocycles. The Kier molecular flexibility index (Phi) is 3.03. The zero-order valence-electron chi connectivity index (χ0n) is 9.20. The molecule has 1 unspecified atom stereocenters. The number of aliphatic hydroxyl groups is 1. The van der Waals surface area contributed by atoms with Crippen LogP contribution < -0.4 is 0 Å². The van der Waals surface area contributed by atoms with Crippen molar-refractivity contribution in [1.82, 2.24) is 0 Å². The Labute approximate surface area is 99.5 Å². The molecular weight excluding hydrogens is 224 g/mol. The highest BCUT2D eigenvalue weighted by Gasteiger charge is 2.17. The highest BCUT2D eigenvalue weighted by Crippen LogP contribution is 2.30. The molecule has 0 fully saturated rings. The van der Waals surface area contributed by atoms with E-state index in [1.165, 1.54) is 6.26 Å². The summed E-state index contributed by atoms with van der Waals surface area (Å²) >= 11 is 6.11. The van der Waals surface area contributed by atoms with Crippen molar-refractivity contribution in [2.45, 2.75) is 20.0 Å². The van der Waals surface area contributed by atoms with Gasteiger partial charge in [-0.25, -0.2) is 0 Å². The second kappa shape index (κ2) is 4.32. The lowest BCUT2D eigenvalue weighted by molar-refractivity contribution is 0.189. The molecule has 0 bridgehead atoms. The zero-order chi connectivity index (χ0) is 11.7. The molecule has 0 aliphatic carbocycles. The SMILES string of the molecule is Cc1cc(Cl)c(C(O)c2ccco2)cc1C. The van der Waals surface area contributed by atoms with Gasteiger partial charge >= 0.3 is 0 Å². The minimum absolute atomic E-state index is 0.505. The molecule has 2 rings (SSSR count). The van der Waals surface area contributed by atoms with Crippen molar-refractivity contribution < 1.29 is 9.52 Å². The van der Waals surface area contributed by atoms with Gasteiger partial charge in [0.25, 0.3) is 0 Å². The quantitative estimate of drug-likeness (QED) is 0.864. The fourth-order valence-corrected chi connectivity index (χ4v) is 1.93. The summed E-state index contributed by atoms with van der Waals surface area (Å²) in [7, 11) is 0. The largest absolute Gasteiger partial charge is 0.466 e. The molecule has 0 saturated heterocycles. The molecule has 0 amide bonds. The van der Waals surface area contributed by atoms with Gasteiger partial charge in [-0.3, -0.25) is 0 Å². The fraction of sp³-hybridized carbons (Fsp3) is 0.231. The van der Waals surface area contributed by atoms with E-state index >= 15 is 0 Å². The lowest BCUT2D eigenvalue weighted by atomic mass is 10.0. The smallest absolute Gasteiger partial charge is 0.138 e. The number of furan rings is 1. The number of benzene rings is 1. The Morgan fingerprint density at radius 1 is 1.25 bits per heavy atom. The molecule has 0 aliphatic rings. The van der Waals surface area contributed by atoms with Crippen molar-refractivity contribution >= 4 is 11.6 Å². The van der Waals surface area contributed by atoms with Gasteiger partial charge in [0.05, 0.1) is 6.26 Å². The number of aryl methyl sites for hydroxylation is 2. The van der Waals surface area contributed by atoms with E-state index in [1.807, 2.05) is 26.0 Å². The second-order valence-electron chi connectivity index (χ2n) is 3.88. The number of hydrogen-bond donors (Lipinski definition) is 1. The summed E-state index contributed by atoms with van der Waals surface area (Å²) in [6, 6.07) is 7.23. The molecule has 1 atom stereocenters. The van der Waals surface area contributed by atoms with Crippen LogP contribution >= 0.6 is 11.6 Å². The molecule has 84 valence electrons. The maximum atomic E-state index is 10.1. The molecule has 1 aromatic carbocycles. The van der Waals surface area contributed by atoms with Crippen LogP contribution in [-0.4, -0.2) is 5.11 Å². The summed E-state index contributed by atoms with van der Waals surface area (Å²) < 4.78 is 5.17. The molecule has 0 aliphatic heterocycles. The van der Waals surface area contributed by atoms with Gasteiger partial charge < -0.3 is 9.52 Å². The molecule has 1 aromatic heterocycles. The first-order valence-electron chi connectivity index (χ1n) is 5.07. The minimum Gasteiger partial charge on any atom is -0.466 e. The molecule has 3 heteroatoms. The summed E-state index contributed by atoms with van der Waals surface area (Å²) in [5, 5.41) is 10.7. The van der Waals surface area contributed by atoms with Crippen molar-refractivity contribution in [2.24, 2.45) is 0 Å². The van der Waals surface area contributed by atoms with E-state index in [-0.39, 0.29) is 0 Å². The second-order valence-corrected chi connectivity index (χ2v) is 4.28. The Bertz CT molecular complexity index is 489. The molecule has 0 spiro atoms. The van der Waals surface area contributed by atoms with Crippen LogP contribution in [0.25, 0.3) is 0 Å². The normalized spacial score (nSPS) is 12.8. The van der Waals surface area contributed by atoms with Gasteiger partial charge in [0, 0.05) is 10.6 Å². The van der Waals surface area contributed by atoms with E-state index in [4.69, 9.17) is 16.0 Å². The van der Waals surface area contributed by atoms with Crippen LogP contribution in [0.4, 0.5) is 0 Å². The summed E-state index contributed by atoms with van der Waals surface area (Å²) in [5.74, 6) is 0.505. The minimum atomic E-state index is -0.804. The van der Waals surface area contributed by atoms with Gasteiger partial charge in [-0.1, -0.05) is 17.7 Å². The maximum absolute atomic E-state index is 10.1. The van der Waals surface area contributed by atoms with Crippen LogP contribution in [0.15, 0.2) is 34.9 Å². The summed E-state index contributed by atoms with van der Waals surface area (Å²) in [4.78, 5) is 0. The van der Waals surface area contributed by atoms with E-state index in [1.54, 1.807) is 12.1 Å². The van der Waals surface area contributed by atoms with Crippen molar-refractivity contribution in [3.63, 3.8) is 0 Å². The maximum Gasteiger partial charge on any atom is 0.138 e. The van der Waals surface area contributed by atoms with E-state index in [0.717, 1.165) is 11.1 Å². The molecule has 0 radical (unpaired) electrons. The van der Waals surface area contributed by atoms with E-state index < -0.39 is 6.10 Å². The molecule has 2 nitrogen and oxygen atoms in total. The Morgan fingerprint density at radius 2 is 1.94 bits per heavy atom. The van der Waals surface area contributed by atoms with Crippen LogP contribution in [0.5, 0.6) is 0 Å². The predicted octanol–water partition coefficient (Wildman–Crippen LogP) is 3.63. The Morgan fingerprint density at radius 3 is 2.56 bits per heavy atom. The summed E-state index contributed by atoms with van der Waals surface area (Å²) in [6.07, 6.45) is 0.731. The number of halogens is 1. The summed E-state index contributed by atoms with van der Waals surface area (Å²) in [5.41, 5.74) is 2.89. The van der Waals surface area contributed by atoms with Crippen LogP contribution in [-0.2, 0) is 0 Å². The van der Waals surface area contributed by atoms with Crippen molar-refractivity contribution in [2.75, 3.05) is 0 Å². The molecule has 0 saturated carbocycles. The summed E-state index contributed by atoms with van der Waals surface area (Å²) in [6.45, 7) is 3.98. The standard InChI is InChI=1S/C13H13ClO2/c1-8-6-10(11(14)7-9(8)2)13(15)12-4-3-5-16-12/h3-7,13,15H,1-2H3. The van der Waals surface area contributed by atoms with Crippen LogP contribution in [0.2, 0.25) is 5.02 Å². The molecular formula is C13H13ClO2. The first-order chi connectivity index (χ1) is 7.59. The first-order valence-corrected chi connectivity index (χ1v) is 5.45. The third-order valence-electron chi connectivity index (χ3n) is 2.72. The number of rotatable bonds is 2. The highest BCUT2D eigenvalue weighted by atomic mass is 35.5. The average molecular weight is 237 g/mol. The number of aliphatic hydroxyl groups excluding tert-OH is 1. The van der Waals surface area contributed by atoms with Gasteiger partial charge in [-0.05, 0) is 43.2 Å². The fourth-order valence-electron chi connectivity index (χ4n) is 1.61. The third kappa shape index (κ3) is 1.99. The lowest BCUT2D eigenvalue weighted by Crippen LogP contribution is -2.00. The van der Waals surface area contributed by atoms with Gasteiger partial charge in [0.2, 0.25) is 0 Å². The number of hydrogen-bond acceptors (Lipinski definition) is 2. The first kappa shape index (κ1) is 11.2. The zero-order valence-corrected chi connectivity index (χ0v) is 9.95. The van der Waals surface area contributed by atoms with Gasteiger partial charge in [-0.2, -0.15) is 0 Å². The topological polar surface area (TPSA) is 33.4 Å². The predicted molar refractivity (Wildman–Crippen MR) is 63.7 cm³/mol. The molecule has 2 aromatic rings. The van der Waals surface area contributed by atoms with E-state index in [0.29, 0.717) is 16.3 Å². The third-order valence-corrected chi connectivity index (χ3v) is 3.05. The Balaban J connectivity index is 2.44. The van der Waals surface area contributed by atoms with Gasteiger partial charge in [-0.15, -0.1) is 0 Å². The molecule has 1 N–H and O–H groups in total. The van der Waals surface area contributed by atoms with E-state index in [9.17, 15) is 5.11 Å². The van der Waals surface area contributed by atoms with Crippen molar-refractivity contribution in [3.8, 4) is 0 Å². The van der Waals surface area contributed by atoms with E-state index in [2.05, 4.69) is 0 Å². The van der Waals surface area contributed by atoms with Crippen LogP contribution in [0.1, 0.15) is 28.6 Å². The van der Waals surface area contributed by atoms with Gasteiger partial charge in [0.15, 0.2) is 0 Å². The van der Waals surface area contributed by atoms with Gasteiger partial charge in [0.1, 0.15) is 11.9 Å². The van der Waals surface area contributed by atoms with Crippen LogP contribution in [0.3, 0.4) is 0 Å².